The van der Waals surface area contributed by atoms with Gasteiger partial charge in [0.05, 0.1) is 18.7 Å². The molecule has 1 aromatic heterocycles. The third-order valence-electron chi connectivity index (χ3n) is 7.27. The zero-order valence-corrected chi connectivity index (χ0v) is 19.5. The summed E-state index contributed by atoms with van der Waals surface area (Å²) in [6.07, 6.45) is 6.34. The third-order valence-corrected chi connectivity index (χ3v) is 7.27. The molecular weight excluding hydrogens is 410 g/mol. The van der Waals surface area contributed by atoms with Gasteiger partial charge in [0.15, 0.2) is 0 Å². The molecule has 5 nitrogen and oxygen atoms in total. The molecule has 5 rings (SSSR count). The first kappa shape index (κ1) is 22.1. The Kier molecular flexibility index (Phi) is 6.70. The minimum Gasteiger partial charge on any atom is -0.375 e. The number of aromatic nitrogens is 1. The molecule has 0 N–H and O–H groups in total. The molecule has 0 saturated carbocycles. The predicted molar refractivity (Wildman–Crippen MR) is 131 cm³/mol. The second-order valence-corrected chi connectivity index (χ2v) is 9.42. The number of hydrogen-bond acceptors (Lipinski definition) is 4. The Morgan fingerprint density at radius 1 is 1.03 bits per heavy atom. The van der Waals surface area contributed by atoms with Crippen LogP contribution in [-0.2, 0) is 11.3 Å². The monoisotopic (exact) mass is 443 g/mol. The molecule has 0 radical (unpaired) electrons. The van der Waals surface area contributed by atoms with E-state index < -0.39 is 0 Å². The maximum atomic E-state index is 13.2. The molecule has 2 saturated heterocycles. The van der Waals surface area contributed by atoms with E-state index in [1.54, 1.807) is 0 Å². The van der Waals surface area contributed by atoms with Gasteiger partial charge in [0.2, 0.25) is 0 Å². The number of amides is 1. The fourth-order valence-electron chi connectivity index (χ4n) is 5.40. The van der Waals surface area contributed by atoms with Gasteiger partial charge in [0, 0.05) is 42.3 Å². The van der Waals surface area contributed by atoms with Crippen LogP contribution in [0.5, 0.6) is 0 Å². The number of ether oxygens (including phenoxy) is 1. The number of pyridine rings is 1. The number of benzene rings is 2. The van der Waals surface area contributed by atoms with Crippen LogP contribution in [-0.4, -0.2) is 59.0 Å². The Morgan fingerprint density at radius 3 is 2.67 bits per heavy atom. The number of hydrogen-bond donors (Lipinski definition) is 0. The molecule has 3 aromatic rings. The van der Waals surface area contributed by atoms with Gasteiger partial charge in [0.25, 0.3) is 5.91 Å². The molecular formula is C28H33N3O2. The Morgan fingerprint density at radius 2 is 1.85 bits per heavy atom. The van der Waals surface area contributed by atoms with Gasteiger partial charge < -0.3 is 9.64 Å². The lowest BCUT2D eigenvalue weighted by Gasteiger charge is -2.39. The molecule has 2 aliphatic heterocycles. The van der Waals surface area contributed by atoms with E-state index in [0.29, 0.717) is 18.7 Å². The summed E-state index contributed by atoms with van der Waals surface area (Å²) in [5, 5.41) is 1.06. The predicted octanol–water partition coefficient (Wildman–Crippen LogP) is 4.83. The molecule has 0 bridgehead atoms. The summed E-state index contributed by atoms with van der Waals surface area (Å²) in [5.74, 6) is 0.141. The molecule has 3 heterocycles. The van der Waals surface area contributed by atoms with Crippen molar-refractivity contribution < 1.29 is 9.53 Å². The van der Waals surface area contributed by atoms with Crippen LogP contribution in [0.25, 0.3) is 10.9 Å². The third kappa shape index (κ3) is 4.94. The number of rotatable bonds is 6. The zero-order valence-electron chi connectivity index (χ0n) is 19.5. The van der Waals surface area contributed by atoms with Crippen molar-refractivity contribution in [2.45, 2.75) is 51.3 Å². The van der Waals surface area contributed by atoms with Crippen molar-refractivity contribution >= 4 is 16.8 Å². The second-order valence-electron chi connectivity index (χ2n) is 9.42. The summed E-state index contributed by atoms with van der Waals surface area (Å²) >= 11 is 0. The minimum absolute atomic E-state index is 0.141. The lowest BCUT2D eigenvalue weighted by atomic mass is 10.0. The lowest BCUT2D eigenvalue weighted by Crippen LogP contribution is -2.49. The van der Waals surface area contributed by atoms with Gasteiger partial charge in [0.1, 0.15) is 0 Å². The van der Waals surface area contributed by atoms with Crippen LogP contribution >= 0.6 is 0 Å². The van der Waals surface area contributed by atoms with Crippen LogP contribution in [0.1, 0.15) is 47.2 Å². The van der Waals surface area contributed by atoms with E-state index in [9.17, 15) is 4.79 Å². The van der Waals surface area contributed by atoms with Crippen LogP contribution in [0.15, 0.2) is 60.8 Å². The van der Waals surface area contributed by atoms with E-state index in [2.05, 4.69) is 41.1 Å². The fraction of sp³-hybridized carbons (Fsp3) is 0.429. The summed E-state index contributed by atoms with van der Waals surface area (Å²) in [4.78, 5) is 22.3. The van der Waals surface area contributed by atoms with Crippen molar-refractivity contribution in [3.05, 3.63) is 77.5 Å². The van der Waals surface area contributed by atoms with Gasteiger partial charge in [-0.15, -0.1) is 0 Å². The molecule has 0 aliphatic carbocycles. The second kappa shape index (κ2) is 10.0. The highest BCUT2D eigenvalue weighted by molar-refractivity contribution is 5.98. The number of nitrogens with zero attached hydrogens (tertiary/aromatic N) is 3. The van der Waals surface area contributed by atoms with Crippen LogP contribution in [0.3, 0.4) is 0 Å². The minimum atomic E-state index is 0.141. The Balaban J connectivity index is 1.15. The SMILES string of the molecule is Cc1ccnc2ccc(C(=O)N3CCC(N4CCC[C@@H]4COCc4ccccc4)CC3)cc12. The highest BCUT2D eigenvalue weighted by Crippen LogP contribution is 2.27. The van der Waals surface area contributed by atoms with Crippen molar-refractivity contribution in [1.82, 2.24) is 14.8 Å². The number of aryl methyl sites for hydroxylation is 1. The summed E-state index contributed by atoms with van der Waals surface area (Å²) in [7, 11) is 0. The van der Waals surface area contributed by atoms with E-state index in [1.165, 1.54) is 18.4 Å². The molecule has 172 valence electrons. The summed E-state index contributed by atoms with van der Waals surface area (Å²) in [6, 6.07) is 19.3. The van der Waals surface area contributed by atoms with E-state index >= 15 is 0 Å². The van der Waals surface area contributed by atoms with Crippen molar-refractivity contribution in [3.8, 4) is 0 Å². The van der Waals surface area contributed by atoms with Gasteiger partial charge in [-0.3, -0.25) is 14.7 Å². The van der Waals surface area contributed by atoms with Crippen LogP contribution < -0.4 is 0 Å². The lowest BCUT2D eigenvalue weighted by molar-refractivity contribution is 0.0314. The average molecular weight is 444 g/mol. The molecule has 2 fully saturated rings. The van der Waals surface area contributed by atoms with Gasteiger partial charge in [-0.1, -0.05) is 30.3 Å². The number of piperidine rings is 1. The molecule has 2 aliphatic rings. The average Bonchev–Trinajstić information content (AvgIpc) is 3.33. The number of fused-ring (bicyclic) bond motifs is 1. The largest absolute Gasteiger partial charge is 0.375 e. The van der Waals surface area contributed by atoms with Crippen molar-refractivity contribution in [1.29, 1.82) is 0 Å². The normalized spacial score (nSPS) is 19.9. The first-order valence-corrected chi connectivity index (χ1v) is 12.2. The van der Waals surface area contributed by atoms with Crippen LogP contribution in [0.2, 0.25) is 0 Å². The van der Waals surface area contributed by atoms with Crippen molar-refractivity contribution in [3.63, 3.8) is 0 Å². The van der Waals surface area contributed by atoms with Gasteiger partial charge in [-0.2, -0.15) is 0 Å². The molecule has 33 heavy (non-hydrogen) atoms. The summed E-state index contributed by atoms with van der Waals surface area (Å²) < 4.78 is 6.08. The quantitative estimate of drug-likeness (QED) is 0.548. The highest BCUT2D eigenvalue weighted by Gasteiger charge is 2.34. The Bertz CT molecular complexity index is 1090. The van der Waals surface area contributed by atoms with Gasteiger partial charge in [-0.25, -0.2) is 0 Å². The molecule has 1 amide bonds. The highest BCUT2D eigenvalue weighted by atomic mass is 16.5. The molecule has 0 unspecified atom stereocenters. The maximum absolute atomic E-state index is 13.2. The van der Waals surface area contributed by atoms with Crippen molar-refractivity contribution in [2.24, 2.45) is 0 Å². The number of likely N-dealkylation sites (tertiary alicyclic amines) is 2. The van der Waals surface area contributed by atoms with E-state index in [-0.39, 0.29) is 5.91 Å². The van der Waals surface area contributed by atoms with Crippen molar-refractivity contribution in [2.75, 3.05) is 26.2 Å². The van der Waals surface area contributed by atoms with E-state index in [1.807, 2.05) is 41.4 Å². The van der Waals surface area contributed by atoms with Crippen LogP contribution in [0, 0.1) is 6.92 Å². The fourth-order valence-corrected chi connectivity index (χ4v) is 5.40. The molecule has 0 spiro atoms. The summed E-state index contributed by atoms with van der Waals surface area (Å²) in [5.41, 5.74) is 4.10. The smallest absolute Gasteiger partial charge is 0.253 e. The molecule has 2 aromatic carbocycles. The maximum Gasteiger partial charge on any atom is 0.253 e. The Labute approximate surface area is 196 Å². The zero-order chi connectivity index (χ0) is 22.6. The number of carbonyl (C=O) groups excluding carboxylic acids is 1. The Hall–Kier alpha value is -2.76. The van der Waals surface area contributed by atoms with E-state index in [0.717, 1.165) is 61.1 Å². The first-order chi connectivity index (χ1) is 16.2. The van der Waals surface area contributed by atoms with Gasteiger partial charge >= 0.3 is 0 Å². The summed E-state index contributed by atoms with van der Waals surface area (Å²) in [6.45, 7) is 6.33. The standard InChI is InChI=1S/C28H33N3O2/c1-21-11-14-29-27-10-9-23(18-26(21)27)28(32)30-16-12-24(13-17-30)31-15-5-8-25(31)20-33-19-22-6-3-2-4-7-22/h2-4,6-7,9-11,14,18,24-25H,5,8,12-13,15-17,19-20H2,1H3/t25-/m1/s1. The first-order valence-electron chi connectivity index (χ1n) is 12.2. The van der Waals surface area contributed by atoms with Gasteiger partial charge in [-0.05, 0) is 74.5 Å². The molecule has 1 atom stereocenters. The van der Waals surface area contributed by atoms with E-state index in [4.69, 9.17) is 4.74 Å². The van der Waals surface area contributed by atoms with Crippen LogP contribution in [0.4, 0.5) is 0 Å². The molecule has 5 heteroatoms. The number of carbonyl (C=O) groups is 1. The topological polar surface area (TPSA) is 45.7 Å².